The van der Waals surface area contributed by atoms with E-state index in [9.17, 15) is 0 Å². The fourth-order valence-electron chi connectivity index (χ4n) is 16.4. The summed E-state index contributed by atoms with van der Waals surface area (Å²) in [6, 6.07) is 51.2. The quantitative estimate of drug-likeness (QED) is 0.0845. The average Bonchev–Trinajstić information content (AvgIpc) is 0.810. The van der Waals surface area contributed by atoms with Crippen LogP contribution in [0.15, 0.2) is 152 Å². The molecule has 0 bridgehead atoms. The van der Waals surface area contributed by atoms with Gasteiger partial charge in [-0.15, -0.1) is 28.6 Å². The maximum absolute atomic E-state index is 6.34. The topological polar surface area (TPSA) is 0 Å². The molecular formula is C100H110Si4. The van der Waals surface area contributed by atoms with Crippen LogP contribution in [0.25, 0.3) is 0 Å². The Morgan fingerprint density at radius 2 is 0.317 bits per heavy atom. The van der Waals surface area contributed by atoms with E-state index in [2.05, 4.69) is 386 Å². The highest BCUT2D eigenvalue weighted by atomic mass is 28.3. The molecule has 0 heterocycles. The minimum Gasteiger partial charge on any atom is -0.125 e. The Kier molecular flexibility index (Phi) is 29.0. The average molecular weight is 1420 g/mol. The van der Waals surface area contributed by atoms with E-state index in [1.54, 1.807) is 0 Å². The van der Waals surface area contributed by atoms with E-state index >= 15 is 0 Å². The number of benzene rings is 7. The summed E-state index contributed by atoms with van der Waals surface area (Å²) in [6.45, 7) is 56.4. The van der Waals surface area contributed by atoms with E-state index in [1.807, 2.05) is 54.6 Å². The molecule has 7 aromatic rings. The van der Waals surface area contributed by atoms with Crippen LogP contribution >= 0.6 is 0 Å². The molecule has 0 aliphatic rings. The molecule has 0 aliphatic heterocycles. The lowest BCUT2D eigenvalue weighted by molar-refractivity contribution is 0.838. The minimum absolute atomic E-state index is 0.556. The highest BCUT2D eigenvalue weighted by Gasteiger charge is 2.44. The van der Waals surface area contributed by atoms with Crippen LogP contribution in [-0.4, -0.2) is 32.3 Å². The molecule has 0 spiro atoms. The minimum atomic E-state index is -1.89. The number of rotatable bonds is 12. The molecule has 0 radical (unpaired) electrons. The smallest absolute Gasteiger partial charge is 0.125 e. The van der Waals surface area contributed by atoms with Crippen molar-refractivity contribution in [3.05, 3.63) is 246 Å². The second kappa shape index (κ2) is 36.8. The Labute approximate surface area is 635 Å². The van der Waals surface area contributed by atoms with Gasteiger partial charge < -0.3 is 0 Å². The molecule has 0 saturated carbocycles. The third-order valence-electron chi connectivity index (χ3n) is 22.0. The molecule has 0 saturated heterocycles. The van der Waals surface area contributed by atoms with Crippen molar-refractivity contribution < 1.29 is 0 Å². The van der Waals surface area contributed by atoms with Crippen LogP contribution in [0.4, 0.5) is 0 Å². The molecule has 104 heavy (non-hydrogen) atoms. The van der Waals surface area contributed by atoms with Gasteiger partial charge in [0.05, 0.1) is 0 Å². The van der Waals surface area contributed by atoms with Gasteiger partial charge in [0.1, 0.15) is 32.3 Å². The molecule has 0 atom stereocenters. The molecule has 0 nitrogen and oxygen atoms in total. The van der Waals surface area contributed by atoms with Gasteiger partial charge in [0.2, 0.25) is 0 Å². The van der Waals surface area contributed by atoms with Crippen molar-refractivity contribution in [1.29, 1.82) is 0 Å². The molecule has 0 N–H and O–H groups in total. The summed E-state index contributed by atoms with van der Waals surface area (Å²) in [5.74, 6) is 58.6. The van der Waals surface area contributed by atoms with Gasteiger partial charge in [-0.25, -0.2) is 0 Å². The maximum atomic E-state index is 6.34. The standard InChI is InChI=1S/C100H110Si4/c1-26-95-69-94(52-58-99-70-92(45-43-84-27-35-88(36-28-84)61-65-101(72(2)3,73(4)5)74(6)7)50-56-97(99)53-47-86-31-39-90(40-32-86)63-67-103(78(14)15,79(16)17)80(18)19)49-55-96(95)59-60-100-71-93(46-44-85-29-37-89(38-30-85)62-66-102(75(8)9,76(10)11)77(12)13)51-57-98(100)54-48-87-33-41-91(42-34-87)64-68-104(81(20)21,82(22)23)83(24)25/h1,27-42,49-51,55-57,69-83H,2-25H3. The third-order valence-corrected chi connectivity index (χ3v) is 47.1. The Balaban J connectivity index is 1.26. The summed E-state index contributed by atoms with van der Waals surface area (Å²) in [5.41, 5.74) is 36.6. The van der Waals surface area contributed by atoms with Crippen LogP contribution in [-0.2, 0) is 0 Å². The molecule has 7 rings (SSSR count). The van der Waals surface area contributed by atoms with Gasteiger partial charge >= 0.3 is 0 Å². The number of hydrogen-bond donors (Lipinski definition) is 0. The number of terminal acetylenes is 1. The van der Waals surface area contributed by atoms with E-state index in [-0.39, 0.29) is 0 Å². The summed E-state index contributed by atoms with van der Waals surface area (Å²) < 4.78 is 0. The van der Waals surface area contributed by atoms with Gasteiger partial charge in [-0.1, -0.05) is 267 Å². The monoisotopic (exact) mass is 1420 g/mol. The van der Waals surface area contributed by atoms with Gasteiger partial charge in [-0.3, -0.25) is 0 Å². The molecule has 0 unspecified atom stereocenters. The SMILES string of the molecule is C#Cc1cc(C#Cc2cc(C#Cc3ccc(C#C[Si](C(C)C)(C(C)C)C(C)C)cc3)ccc2C#Cc2ccc(C#C[Si](C(C)C)(C(C)C)C(C)C)cc2)ccc1C#Cc1cc(C#Cc2ccc(C#C[Si](C(C)C)(C(C)C)C(C)C)cc2)ccc1C#Cc1ccc(C#C[Si](C(C)C)(C(C)C)C(C)C)cc1. The van der Waals surface area contributed by atoms with Crippen molar-refractivity contribution >= 4 is 32.3 Å². The van der Waals surface area contributed by atoms with Crippen LogP contribution in [0.1, 0.15) is 261 Å². The largest absolute Gasteiger partial charge is 0.146 e. The summed E-state index contributed by atoms with van der Waals surface area (Å²) in [7, 11) is -7.54. The highest BCUT2D eigenvalue weighted by Crippen LogP contribution is 2.44. The fourth-order valence-corrected chi connectivity index (χ4v) is 37.3. The van der Waals surface area contributed by atoms with Gasteiger partial charge in [-0.2, -0.15) is 0 Å². The summed E-state index contributed by atoms with van der Waals surface area (Å²) in [5, 5.41) is 0. The van der Waals surface area contributed by atoms with E-state index in [1.165, 1.54) is 0 Å². The van der Waals surface area contributed by atoms with Crippen molar-refractivity contribution in [3.63, 3.8) is 0 Å². The zero-order valence-electron chi connectivity index (χ0n) is 66.9. The molecule has 7 aromatic carbocycles. The molecule has 0 fully saturated rings. The first kappa shape index (κ1) is 81.9. The van der Waals surface area contributed by atoms with Crippen LogP contribution < -0.4 is 0 Å². The highest BCUT2D eigenvalue weighted by molar-refractivity contribution is 6.92. The maximum Gasteiger partial charge on any atom is 0.146 e. The van der Waals surface area contributed by atoms with Gasteiger partial charge in [0.15, 0.2) is 0 Å². The second-order valence-corrected chi connectivity index (χ2v) is 54.1. The van der Waals surface area contributed by atoms with Crippen LogP contribution in [0.2, 0.25) is 66.5 Å². The number of hydrogen-bond acceptors (Lipinski definition) is 0. The zero-order valence-corrected chi connectivity index (χ0v) is 70.9. The summed E-state index contributed by atoms with van der Waals surface area (Å²) in [6.07, 6.45) is 6.34. The molecule has 526 valence electrons. The Morgan fingerprint density at radius 3 is 0.538 bits per heavy atom. The van der Waals surface area contributed by atoms with Crippen LogP contribution in [0.3, 0.4) is 0 Å². The zero-order chi connectivity index (χ0) is 76.3. The Hall–Kier alpha value is -9.43. The summed E-state index contributed by atoms with van der Waals surface area (Å²) in [4.78, 5) is 0. The predicted octanol–water partition coefficient (Wildman–Crippen LogP) is 24.3. The van der Waals surface area contributed by atoms with Gasteiger partial charge in [-0.05, 0) is 218 Å². The van der Waals surface area contributed by atoms with Crippen molar-refractivity contribution in [1.82, 2.24) is 0 Å². The van der Waals surface area contributed by atoms with Gasteiger partial charge in [0, 0.05) is 94.6 Å². The van der Waals surface area contributed by atoms with E-state index in [0.717, 1.165) is 83.5 Å². The summed E-state index contributed by atoms with van der Waals surface area (Å²) >= 11 is 0. The van der Waals surface area contributed by atoms with Crippen molar-refractivity contribution in [2.45, 2.75) is 233 Å². The molecular weight excluding hydrogens is 1310 g/mol. The third kappa shape index (κ3) is 19.9. The lowest BCUT2D eigenvalue weighted by Crippen LogP contribution is -2.43. The molecule has 0 aliphatic carbocycles. The Bertz CT molecular complexity index is 4840. The van der Waals surface area contributed by atoms with Crippen LogP contribution in [0, 0.1) is 129 Å². The van der Waals surface area contributed by atoms with Crippen molar-refractivity contribution in [2.24, 2.45) is 0 Å². The predicted molar refractivity (Wildman–Crippen MR) is 461 cm³/mol. The van der Waals surface area contributed by atoms with E-state index in [4.69, 9.17) is 6.42 Å². The van der Waals surface area contributed by atoms with Gasteiger partial charge in [0.25, 0.3) is 0 Å². The Morgan fingerprint density at radius 1 is 0.173 bits per heavy atom. The molecule has 0 aromatic heterocycles. The lowest BCUT2D eigenvalue weighted by atomic mass is 10.0. The van der Waals surface area contributed by atoms with Crippen molar-refractivity contribution in [2.75, 3.05) is 0 Å². The molecule has 0 amide bonds. The second-order valence-electron chi connectivity index (χ2n) is 31.8. The van der Waals surface area contributed by atoms with E-state index < -0.39 is 32.3 Å². The first-order valence-electron chi connectivity index (χ1n) is 37.9. The van der Waals surface area contributed by atoms with Crippen LogP contribution in [0.5, 0.6) is 0 Å². The van der Waals surface area contributed by atoms with Crippen molar-refractivity contribution in [3.8, 4) is 129 Å². The van der Waals surface area contributed by atoms with E-state index in [0.29, 0.717) is 77.6 Å². The lowest BCUT2D eigenvalue weighted by Gasteiger charge is -2.38. The molecule has 4 heteroatoms. The fraction of sp³-hybridized carbons (Fsp3) is 0.360. The first-order valence-corrected chi connectivity index (χ1v) is 46.8. The first-order chi connectivity index (χ1) is 49.3. The normalized spacial score (nSPS) is 11.3.